The molecule has 0 bridgehead atoms. The first kappa shape index (κ1) is 17.2. The highest BCUT2D eigenvalue weighted by molar-refractivity contribution is 6.30. The third kappa shape index (κ3) is 5.18. The number of ether oxygens (including phenoxy) is 1. The summed E-state index contributed by atoms with van der Waals surface area (Å²) in [4.78, 5) is 2.62. The van der Waals surface area contributed by atoms with E-state index in [-0.39, 0.29) is 0 Å². The second-order valence-electron chi connectivity index (χ2n) is 7.17. The van der Waals surface area contributed by atoms with E-state index in [1.54, 1.807) is 0 Å². The molecule has 2 heterocycles. The Morgan fingerprint density at radius 3 is 2.83 bits per heavy atom. The summed E-state index contributed by atoms with van der Waals surface area (Å²) in [6.45, 7) is 8.90. The normalized spacial score (nSPS) is 24.9. The summed E-state index contributed by atoms with van der Waals surface area (Å²) < 4.78 is 5.49. The maximum absolute atomic E-state index is 6.09. The van der Waals surface area contributed by atoms with Crippen molar-refractivity contribution >= 4 is 11.6 Å². The standard InChI is InChI=1S/C19H29ClN2O/c1-15(17-3-2-4-18(20)11-17)12-21-19-5-8-22(9-6-19)13-16-7-10-23-14-16/h2-4,11,15-16,19,21H,5-10,12-14H2,1H3/t15-,16-/m0/s1. The number of benzene rings is 1. The fraction of sp³-hybridized carbons (Fsp3) is 0.684. The van der Waals surface area contributed by atoms with Crippen LogP contribution in [0.2, 0.25) is 5.02 Å². The van der Waals surface area contributed by atoms with Gasteiger partial charge in [0.25, 0.3) is 0 Å². The van der Waals surface area contributed by atoms with Gasteiger partial charge in [-0.15, -0.1) is 0 Å². The van der Waals surface area contributed by atoms with Gasteiger partial charge in [0, 0.05) is 30.8 Å². The van der Waals surface area contributed by atoms with Crippen molar-refractivity contribution in [3.05, 3.63) is 34.9 Å². The SMILES string of the molecule is C[C@@H](CNC1CCN(C[C@@H]2CCOC2)CC1)c1cccc(Cl)c1. The monoisotopic (exact) mass is 336 g/mol. The molecule has 2 saturated heterocycles. The smallest absolute Gasteiger partial charge is 0.0507 e. The van der Waals surface area contributed by atoms with Crippen LogP contribution in [0.15, 0.2) is 24.3 Å². The Labute approximate surface area is 145 Å². The lowest BCUT2D eigenvalue weighted by molar-refractivity contribution is 0.147. The van der Waals surface area contributed by atoms with Gasteiger partial charge in [0.1, 0.15) is 0 Å². The molecule has 0 saturated carbocycles. The first-order valence-electron chi connectivity index (χ1n) is 8.99. The van der Waals surface area contributed by atoms with Gasteiger partial charge in [-0.25, -0.2) is 0 Å². The molecule has 0 radical (unpaired) electrons. The highest BCUT2D eigenvalue weighted by atomic mass is 35.5. The highest BCUT2D eigenvalue weighted by Gasteiger charge is 2.23. The van der Waals surface area contributed by atoms with Crippen LogP contribution in [0.3, 0.4) is 0 Å². The van der Waals surface area contributed by atoms with Gasteiger partial charge in [-0.3, -0.25) is 0 Å². The van der Waals surface area contributed by atoms with Crippen LogP contribution in [0.1, 0.15) is 37.7 Å². The fourth-order valence-electron chi connectivity index (χ4n) is 3.69. The highest BCUT2D eigenvalue weighted by Crippen LogP contribution is 2.20. The third-order valence-electron chi connectivity index (χ3n) is 5.26. The van der Waals surface area contributed by atoms with E-state index in [0.717, 1.165) is 30.7 Å². The molecule has 1 aromatic rings. The van der Waals surface area contributed by atoms with E-state index in [1.165, 1.54) is 44.5 Å². The molecule has 0 unspecified atom stereocenters. The average Bonchev–Trinajstić information content (AvgIpc) is 3.07. The van der Waals surface area contributed by atoms with Crippen molar-refractivity contribution in [1.82, 2.24) is 10.2 Å². The van der Waals surface area contributed by atoms with E-state index in [2.05, 4.69) is 29.3 Å². The van der Waals surface area contributed by atoms with Gasteiger partial charge in [0.2, 0.25) is 0 Å². The zero-order chi connectivity index (χ0) is 16.1. The molecule has 2 fully saturated rings. The van der Waals surface area contributed by atoms with Crippen LogP contribution in [0.5, 0.6) is 0 Å². The molecular weight excluding hydrogens is 308 g/mol. The number of nitrogens with zero attached hydrogens (tertiary/aromatic N) is 1. The third-order valence-corrected chi connectivity index (χ3v) is 5.49. The summed E-state index contributed by atoms with van der Waals surface area (Å²) >= 11 is 6.09. The summed E-state index contributed by atoms with van der Waals surface area (Å²) in [6, 6.07) is 8.90. The Morgan fingerprint density at radius 2 is 2.13 bits per heavy atom. The van der Waals surface area contributed by atoms with Crippen molar-refractivity contribution in [2.45, 2.75) is 38.1 Å². The topological polar surface area (TPSA) is 24.5 Å². The molecule has 23 heavy (non-hydrogen) atoms. The van der Waals surface area contributed by atoms with Crippen molar-refractivity contribution in [2.75, 3.05) is 39.4 Å². The predicted molar refractivity (Wildman–Crippen MR) is 96.3 cm³/mol. The molecule has 3 nitrogen and oxygen atoms in total. The van der Waals surface area contributed by atoms with Gasteiger partial charge in [-0.2, -0.15) is 0 Å². The Balaban J connectivity index is 1.37. The summed E-state index contributed by atoms with van der Waals surface area (Å²) in [5.74, 6) is 1.27. The number of hydrogen-bond donors (Lipinski definition) is 1. The number of hydrogen-bond acceptors (Lipinski definition) is 3. The lowest BCUT2D eigenvalue weighted by atomic mass is 9.98. The van der Waals surface area contributed by atoms with Crippen molar-refractivity contribution in [3.63, 3.8) is 0 Å². The van der Waals surface area contributed by atoms with E-state index >= 15 is 0 Å². The zero-order valence-corrected chi connectivity index (χ0v) is 14.9. The van der Waals surface area contributed by atoms with Crippen LogP contribution >= 0.6 is 11.6 Å². The predicted octanol–water partition coefficient (Wildman–Crippen LogP) is 3.53. The Kier molecular flexibility index (Phi) is 6.35. The first-order chi connectivity index (χ1) is 11.2. The minimum atomic E-state index is 0.502. The van der Waals surface area contributed by atoms with Crippen LogP contribution < -0.4 is 5.32 Å². The minimum absolute atomic E-state index is 0.502. The average molecular weight is 337 g/mol. The molecule has 4 heteroatoms. The van der Waals surface area contributed by atoms with E-state index < -0.39 is 0 Å². The van der Waals surface area contributed by atoms with Crippen molar-refractivity contribution < 1.29 is 4.74 Å². The molecular formula is C19H29ClN2O. The van der Waals surface area contributed by atoms with E-state index in [0.29, 0.717) is 12.0 Å². The Bertz CT molecular complexity index is 482. The van der Waals surface area contributed by atoms with Crippen molar-refractivity contribution in [1.29, 1.82) is 0 Å². The summed E-state index contributed by atoms with van der Waals surface area (Å²) in [6.07, 6.45) is 3.76. The molecule has 2 aliphatic rings. The van der Waals surface area contributed by atoms with E-state index in [9.17, 15) is 0 Å². The first-order valence-corrected chi connectivity index (χ1v) is 9.37. The molecule has 0 amide bonds. The zero-order valence-electron chi connectivity index (χ0n) is 14.1. The molecule has 2 aliphatic heterocycles. The molecule has 2 atom stereocenters. The minimum Gasteiger partial charge on any atom is -0.381 e. The number of likely N-dealkylation sites (tertiary alicyclic amines) is 1. The van der Waals surface area contributed by atoms with Crippen molar-refractivity contribution in [2.24, 2.45) is 5.92 Å². The largest absolute Gasteiger partial charge is 0.381 e. The molecule has 128 valence electrons. The number of piperidine rings is 1. The maximum atomic E-state index is 6.09. The van der Waals surface area contributed by atoms with Crippen molar-refractivity contribution in [3.8, 4) is 0 Å². The number of nitrogens with one attached hydrogen (secondary N) is 1. The second-order valence-corrected chi connectivity index (χ2v) is 7.61. The number of rotatable bonds is 6. The number of halogens is 1. The van der Waals surface area contributed by atoms with E-state index in [1.807, 2.05) is 12.1 Å². The van der Waals surface area contributed by atoms with Crippen LogP contribution in [0, 0.1) is 5.92 Å². The summed E-state index contributed by atoms with van der Waals surface area (Å²) in [5, 5.41) is 4.59. The van der Waals surface area contributed by atoms with Gasteiger partial charge in [-0.05, 0) is 61.9 Å². The lowest BCUT2D eigenvalue weighted by Gasteiger charge is -2.34. The molecule has 0 spiro atoms. The lowest BCUT2D eigenvalue weighted by Crippen LogP contribution is -2.44. The second kappa shape index (κ2) is 8.48. The molecule has 0 aromatic heterocycles. The molecule has 3 rings (SSSR count). The van der Waals surface area contributed by atoms with Gasteiger partial charge in [-0.1, -0.05) is 30.7 Å². The van der Waals surface area contributed by atoms with Crippen LogP contribution in [0.4, 0.5) is 0 Å². The fourth-order valence-corrected chi connectivity index (χ4v) is 3.89. The van der Waals surface area contributed by atoms with Gasteiger partial charge >= 0.3 is 0 Å². The van der Waals surface area contributed by atoms with Gasteiger partial charge in [0.05, 0.1) is 6.61 Å². The maximum Gasteiger partial charge on any atom is 0.0507 e. The summed E-state index contributed by atoms with van der Waals surface area (Å²) in [5.41, 5.74) is 1.32. The van der Waals surface area contributed by atoms with Crippen LogP contribution in [-0.4, -0.2) is 50.3 Å². The summed E-state index contributed by atoms with van der Waals surface area (Å²) in [7, 11) is 0. The molecule has 1 aromatic carbocycles. The quantitative estimate of drug-likeness (QED) is 0.860. The Morgan fingerprint density at radius 1 is 1.30 bits per heavy atom. The molecule has 1 N–H and O–H groups in total. The molecule has 0 aliphatic carbocycles. The van der Waals surface area contributed by atoms with Gasteiger partial charge < -0.3 is 15.0 Å². The van der Waals surface area contributed by atoms with Gasteiger partial charge in [0.15, 0.2) is 0 Å². The van der Waals surface area contributed by atoms with Crippen LogP contribution in [-0.2, 0) is 4.74 Å². The Hall–Kier alpha value is -0.610. The van der Waals surface area contributed by atoms with Crippen LogP contribution in [0.25, 0.3) is 0 Å². The van der Waals surface area contributed by atoms with E-state index in [4.69, 9.17) is 16.3 Å².